The maximum absolute atomic E-state index is 12.0. The first-order chi connectivity index (χ1) is 8.99. The maximum Gasteiger partial charge on any atom is 0.328 e. The highest BCUT2D eigenvalue weighted by molar-refractivity contribution is 5.87. The molecule has 2 heterocycles. The summed E-state index contributed by atoms with van der Waals surface area (Å²) in [5, 5.41) is 23.5. The molecule has 8 heteroatoms. The van der Waals surface area contributed by atoms with Crippen LogP contribution in [0.25, 0.3) is 0 Å². The molecule has 1 aliphatic heterocycles. The third kappa shape index (κ3) is 2.91. The summed E-state index contributed by atoms with van der Waals surface area (Å²) in [5.41, 5.74) is 1.72. The van der Waals surface area contributed by atoms with Gasteiger partial charge >= 0.3 is 5.97 Å². The molecule has 0 saturated heterocycles. The van der Waals surface area contributed by atoms with Gasteiger partial charge < -0.3 is 20.5 Å². The standard InChI is InChI=1S/C11H16N4O4/c1-5(16)9(11(18)19)15-10(17)7-2-6-8(3-12-7)14-4-13-6/h4-5,7,9,12,16H,2-3H2,1H3,(H,13,14)(H,15,17)(H,18,19)/t5-,7?,9+/m1/s1. The number of aliphatic hydroxyl groups excluding tert-OH is 1. The lowest BCUT2D eigenvalue weighted by Crippen LogP contribution is -2.55. The van der Waals surface area contributed by atoms with Gasteiger partial charge in [0.05, 0.1) is 29.9 Å². The molecular formula is C11H16N4O4. The molecule has 1 aliphatic rings. The number of carbonyl (C=O) groups is 2. The van der Waals surface area contributed by atoms with Crippen LogP contribution in [0.2, 0.25) is 0 Å². The molecule has 1 aromatic heterocycles. The SMILES string of the molecule is C[C@@H](O)[C@H](NC(=O)C1Cc2nc[nH]c2CN1)C(=O)O. The molecule has 0 radical (unpaired) electrons. The number of H-pyrrole nitrogens is 1. The molecule has 3 atom stereocenters. The second kappa shape index (κ2) is 5.37. The van der Waals surface area contributed by atoms with Crippen molar-refractivity contribution in [2.75, 3.05) is 0 Å². The second-order valence-electron chi connectivity index (χ2n) is 4.53. The number of aromatic nitrogens is 2. The molecule has 0 aliphatic carbocycles. The average molecular weight is 268 g/mol. The Balaban J connectivity index is 2.00. The lowest BCUT2D eigenvalue weighted by molar-refractivity contribution is -0.145. The van der Waals surface area contributed by atoms with E-state index in [1.165, 1.54) is 6.92 Å². The Morgan fingerprint density at radius 1 is 1.58 bits per heavy atom. The number of carboxylic acids is 1. The molecule has 1 unspecified atom stereocenters. The fraction of sp³-hybridized carbons (Fsp3) is 0.545. The maximum atomic E-state index is 12.0. The smallest absolute Gasteiger partial charge is 0.328 e. The molecule has 1 amide bonds. The van der Waals surface area contributed by atoms with Gasteiger partial charge in [0.1, 0.15) is 0 Å². The summed E-state index contributed by atoms with van der Waals surface area (Å²) in [6, 6.07) is -1.86. The molecule has 0 spiro atoms. The number of carboxylic acid groups (broad SMARTS) is 1. The molecule has 0 bridgehead atoms. The van der Waals surface area contributed by atoms with Crippen LogP contribution >= 0.6 is 0 Å². The number of aliphatic hydroxyl groups is 1. The van der Waals surface area contributed by atoms with Crippen molar-refractivity contribution in [3.8, 4) is 0 Å². The Kier molecular flexibility index (Phi) is 3.82. The van der Waals surface area contributed by atoms with Gasteiger partial charge in [0, 0.05) is 13.0 Å². The lowest BCUT2D eigenvalue weighted by atomic mass is 10.0. The summed E-state index contributed by atoms with van der Waals surface area (Å²) in [5.74, 6) is -1.72. The molecule has 8 nitrogen and oxygen atoms in total. The fourth-order valence-electron chi connectivity index (χ4n) is 2.00. The topological polar surface area (TPSA) is 127 Å². The van der Waals surface area contributed by atoms with Crippen LogP contribution in [0.15, 0.2) is 6.33 Å². The predicted molar refractivity (Wildman–Crippen MR) is 64.2 cm³/mol. The first kappa shape index (κ1) is 13.5. The number of hydrogen-bond acceptors (Lipinski definition) is 5. The normalized spacial score (nSPS) is 21.3. The average Bonchev–Trinajstić information content (AvgIpc) is 2.81. The molecule has 0 fully saturated rings. The van der Waals surface area contributed by atoms with E-state index in [1.807, 2.05) is 0 Å². The third-order valence-electron chi connectivity index (χ3n) is 3.09. The van der Waals surface area contributed by atoms with E-state index in [-0.39, 0.29) is 0 Å². The number of carbonyl (C=O) groups excluding carboxylic acids is 1. The minimum atomic E-state index is -1.31. The van der Waals surface area contributed by atoms with E-state index in [2.05, 4.69) is 20.6 Å². The van der Waals surface area contributed by atoms with Gasteiger partial charge in [-0.3, -0.25) is 10.1 Å². The van der Waals surface area contributed by atoms with Gasteiger partial charge in [0.15, 0.2) is 6.04 Å². The van der Waals surface area contributed by atoms with E-state index in [0.717, 1.165) is 11.4 Å². The number of nitrogens with one attached hydrogen (secondary N) is 3. The van der Waals surface area contributed by atoms with Gasteiger partial charge in [-0.25, -0.2) is 9.78 Å². The summed E-state index contributed by atoms with van der Waals surface area (Å²) >= 11 is 0. The van der Waals surface area contributed by atoms with E-state index in [9.17, 15) is 14.7 Å². The Labute approximate surface area is 109 Å². The Morgan fingerprint density at radius 3 is 2.95 bits per heavy atom. The quantitative estimate of drug-likeness (QED) is 0.446. The van der Waals surface area contributed by atoms with Crippen LogP contribution in [-0.4, -0.2) is 50.2 Å². The van der Waals surface area contributed by atoms with Crippen LogP contribution in [0.4, 0.5) is 0 Å². The summed E-state index contributed by atoms with van der Waals surface area (Å²) in [4.78, 5) is 29.9. The van der Waals surface area contributed by atoms with E-state index < -0.39 is 30.1 Å². The number of amides is 1. The molecule has 5 N–H and O–H groups in total. The van der Waals surface area contributed by atoms with Crippen molar-refractivity contribution >= 4 is 11.9 Å². The van der Waals surface area contributed by atoms with E-state index in [1.54, 1.807) is 6.33 Å². The number of nitrogens with zero attached hydrogens (tertiary/aromatic N) is 1. The first-order valence-corrected chi connectivity index (χ1v) is 5.94. The fourth-order valence-corrected chi connectivity index (χ4v) is 2.00. The Hall–Kier alpha value is -1.93. The van der Waals surface area contributed by atoms with Crippen molar-refractivity contribution in [2.45, 2.75) is 38.1 Å². The molecule has 0 aromatic carbocycles. The summed E-state index contributed by atoms with van der Waals surface area (Å²) in [6.45, 7) is 1.79. The highest BCUT2D eigenvalue weighted by Gasteiger charge is 2.31. The lowest BCUT2D eigenvalue weighted by Gasteiger charge is -2.25. The number of aromatic amines is 1. The van der Waals surface area contributed by atoms with Gasteiger partial charge in [-0.15, -0.1) is 0 Å². The highest BCUT2D eigenvalue weighted by atomic mass is 16.4. The van der Waals surface area contributed by atoms with Gasteiger partial charge in [-0.05, 0) is 6.92 Å². The van der Waals surface area contributed by atoms with Gasteiger partial charge in [-0.1, -0.05) is 0 Å². The summed E-state index contributed by atoms with van der Waals surface area (Å²) in [6.07, 6.45) is 0.783. The van der Waals surface area contributed by atoms with Crippen molar-refractivity contribution in [3.05, 3.63) is 17.7 Å². The molecule has 104 valence electrons. The number of fused-ring (bicyclic) bond motifs is 1. The zero-order valence-electron chi connectivity index (χ0n) is 10.4. The summed E-state index contributed by atoms with van der Waals surface area (Å²) in [7, 11) is 0. The van der Waals surface area contributed by atoms with Crippen molar-refractivity contribution in [1.29, 1.82) is 0 Å². The van der Waals surface area contributed by atoms with Crippen molar-refractivity contribution < 1.29 is 19.8 Å². The van der Waals surface area contributed by atoms with Crippen molar-refractivity contribution in [3.63, 3.8) is 0 Å². The van der Waals surface area contributed by atoms with Crippen LogP contribution in [0.5, 0.6) is 0 Å². The highest BCUT2D eigenvalue weighted by Crippen LogP contribution is 2.12. The van der Waals surface area contributed by atoms with Crippen molar-refractivity contribution in [1.82, 2.24) is 20.6 Å². The van der Waals surface area contributed by atoms with Gasteiger partial charge in [-0.2, -0.15) is 0 Å². The monoisotopic (exact) mass is 268 g/mol. The Bertz CT molecular complexity index is 485. The first-order valence-electron chi connectivity index (χ1n) is 5.94. The van der Waals surface area contributed by atoms with E-state index in [4.69, 9.17) is 5.11 Å². The zero-order valence-corrected chi connectivity index (χ0v) is 10.4. The van der Waals surface area contributed by atoms with E-state index in [0.29, 0.717) is 13.0 Å². The van der Waals surface area contributed by atoms with Gasteiger partial charge in [0.25, 0.3) is 0 Å². The Morgan fingerprint density at radius 2 is 2.32 bits per heavy atom. The number of rotatable bonds is 4. The molecule has 0 saturated carbocycles. The molecular weight excluding hydrogens is 252 g/mol. The number of hydrogen-bond donors (Lipinski definition) is 5. The van der Waals surface area contributed by atoms with Crippen LogP contribution in [0.3, 0.4) is 0 Å². The van der Waals surface area contributed by atoms with Crippen molar-refractivity contribution in [2.24, 2.45) is 0 Å². The molecule has 19 heavy (non-hydrogen) atoms. The zero-order chi connectivity index (χ0) is 14.0. The largest absolute Gasteiger partial charge is 0.480 e. The van der Waals surface area contributed by atoms with Gasteiger partial charge in [0.2, 0.25) is 5.91 Å². The predicted octanol–water partition coefficient (Wildman–Crippen LogP) is -1.63. The van der Waals surface area contributed by atoms with E-state index >= 15 is 0 Å². The van der Waals surface area contributed by atoms with Crippen LogP contribution in [0.1, 0.15) is 18.3 Å². The van der Waals surface area contributed by atoms with Crippen LogP contribution < -0.4 is 10.6 Å². The summed E-state index contributed by atoms with van der Waals surface area (Å²) < 4.78 is 0. The minimum Gasteiger partial charge on any atom is -0.480 e. The number of aliphatic carboxylic acids is 1. The number of imidazole rings is 1. The minimum absolute atomic E-state index is 0.386. The third-order valence-corrected chi connectivity index (χ3v) is 3.09. The molecule has 1 aromatic rings. The van der Waals surface area contributed by atoms with Crippen LogP contribution in [0, 0.1) is 0 Å². The second-order valence-corrected chi connectivity index (χ2v) is 4.53. The van der Waals surface area contributed by atoms with Crippen LogP contribution in [-0.2, 0) is 22.6 Å². The molecule has 2 rings (SSSR count).